The molecule has 0 aromatic carbocycles. The first-order valence-electron chi connectivity index (χ1n) is 9.00. The summed E-state index contributed by atoms with van der Waals surface area (Å²) in [6.45, 7) is 0.669. The van der Waals surface area contributed by atoms with Gasteiger partial charge in [-0.15, -0.1) is 0 Å². The molecule has 12 heteroatoms. The zero-order valence-electron chi connectivity index (χ0n) is 15.5. The van der Waals surface area contributed by atoms with E-state index in [0.29, 0.717) is 38.8 Å². The number of aliphatic imine (C=N–C) groups is 1. The van der Waals surface area contributed by atoms with Gasteiger partial charge < -0.3 is 37.6 Å². The van der Waals surface area contributed by atoms with E-state index in [1.807, 2.05) is 0 Å². The second kappa shape index (κ2) is 11.1. The van der Waals surface area contributed by atoms with Gasteiger partial charge in [0.2, 0.25) is 11.8 Å². The molecule has 1 aliphatic heterocycles. The van der Waals surface area contributed by atoms with Crippen LogP contribution >= 0.6 is 0 Å². The van der Waals surface area contributed by atoms with E-state index in [2.05, 4.69) is 10.3 Å². The predicted molar refractivity (Wildman–Crippen MR) is 99.1 cm³/mol. The van der Waals surface area contributed by atoms with Crippen molar-refractivity contribution in [3.63, 3.8) is 0 Å². The molecule has 12 nitrogen and oxygen atoms in total. The highest BCUT2D eigenvalue weighted by molar-refractivity contribution is 5.92. The van der Waals surface area contributed by atoms with Crippen LogP contribution in [0.5, 0.6) is 0 Å². The van der Waals surface area contributed by atoms with Gasteiger partial charge >= 0.3 is 11.9 Å². The lowest BCUT2D eigenvalue weighted by molar-refractivity contribution is -0.144. The van der Waals surface area contributed by atoms with Gasteiger partial charge in [0, 0.05) is 19.5 Å². The molecule has 2 amide bonds. The van der Waals surface area contributed by atoms with E-state index in [9.17, 15) is 19.2 Å². The third kappa shape index (κ3) is 7.39. The molecule has 0 aromatic heterocycles. The van der Waals surface area contributed by atoms with Crippen LogP contribution in [0.3, 0.4) is 0 Å². The first kappa shape index (κ1) is 23.1. The number of likely N-dealkylation sites (tertiary alicyclic amines) is 1. The number of carboxylic acids is 2. The molecule has 0 spiro atoms. The summed E-state index contributed by atoms with van der Waals surface area (Å²) in [5.74, 6) is -3.57. The molecule has 0 aromatic rings. The molecule has 3 atom stereocenters. The summed E-state index contributed by atoms with van der Waals surface area (Å²) in [4.78, 5) is 52.1. The fourth-order valence-electron chi connectivity index (χ4n) is 2.95. The van der Waals surface area contributed by atoms with E-state index >= 15 is 0 Å². The van der Waals surface area contributed by atoms with E-state index in [4.69, 9.17) is 27.4 Å². The summed E-state index contributed by atoms with van der Waals surface area (Å²) in [6, 6.07) is -3.00. The van der Waals surface area contributed by atoms with Crippen LogP contribution < -0.4 is 22.5 Å². The Morgan fingerprint density at radius 2 is 1.86 bits per heavy atom. The van der Waals surface area contributed by atoms with Crippen molar-refractivity contribution in [2.75, 3.05) is 13.1 Å². The van der Waals surface area contributed by atoms with Crippen LogP contribution in [0.2, 0.25) is 0 Å². The van der Waals surface area contributed by atoms with Gasteiger partial charge in [0.05, 0.1) is 6.04 Å². The highest BCUT2D eigenvalue weighted by Crippen LogP contribution is 2.19. The van der Waals surface area contributed by atoms with E-state index in [1.54, 1.807) is 0 Å². The molecule has 1 heterocycles. The maximum absolute atomic E-state index is 12.6. The summed E-state index contributed by atoms with van der Waals surface area (Å²) in [5, 5.41) is 20.2. The topological polar surface area (TPSA) is 214 Å². The fraction of sp³-hybridized carbons (Fsp3) is 0.688. The van der Waals surface area contributed by atoms with Crippen LogP contribution in [0.25, 0.3) is 0 Å². The van der Waals surface area contributed by atoms with Crippen LogP contribution in [-0.4, -0.2) is 76.0 Å². The summed E-state index contributed by atoms with van der Waals surface area (Å²) in [7, 11) is 0. The van der Waals surface area contributed by atoms with Crippen LogP contribution in [-0.2, 0) is 19.2 Å². The second-order valence-corrected chi connectivity index (χ2v) is 6.58. The lowest BCUT2D eigenvalue weighted by Crippen LogP contribution is -2.53. The van der Waals surface area contributed by atoms with Crippen molar-refractivity contribution in [1.29, 1.82) is 0 Å². The Morgan fingerprint density at radius 3 is 2.43 bits per heavy atom. The minimum absolute atomic E-state index is 0.0490. The Hall–Kier alpha value is -2.89. The van der Waals surface area contributed by atoms with E-state index in [0.717, 1.165) is 0 Å². The maximum Gasteiger partial charge on any atom is 0.326 e. The largest absolute Gasteiger partial charge is 0.481 e. The van der Waals surface area contributed by atoms with Crippen molar-refractivity contribution in [3.8, 4) is 0 Å². The number of guanidine groups is 1. The van der Waals surface area contributed by atoms with Gasteiger partial charge in [-0.2, -0.15) is 0 Å². The molecule has 158 valence electrons. The number of rotatable bonds is 11. The Balaban J connectivity index is 2.64. The fourth-order valence-corrected chi connectivity index (χ4v) is 2.95. The lowest BCUT2D eigenvalue weighted by Gasteiger charge is -2.27. The van der Waals surface area contributed by atoms with Crippen molar-refractivity contribution < 1.29 is 29.4 Å². The number of nitrogens with two attached hydrogens (primary N) is 3. The van der Waals surface area contributed by atoms with Crippen LogP contribution in [0.15, 0.2) is 4.99 Å². The van der Waals surface area contributed by atoms with Crippen molar-refractivity contribution in [2.45, 2.75) is 56.7 Å². The molecular weight excluding hydrogens is 372 g/mol. The molecule has 1 rings (SSSR count). The van der Waals surface area contributed by atoms with Gasteiger partial charge in [-0.05, 0) is 32.1 Å². The molecule has 1 aliphatic rings. The standard InChI is InChI=1S/C16H28N6O6/c17-9(3-1-7-20-16(18)19)14(26)22-8-2-4-11(22)13(25)21-10(15(27)28)5-6-12(23)24/h9-11H,1-8,17H2,(H,21,25)(H,23,24)(H,27,28)(H4,18,19,20). The molecular formula is C16H28N6O6. The highest BCUT2D eigenvalue weighted by atomic mass is 16.4. The van der Waals surface area contributed by atoms with Crippen LogP contribution in [0.1, 0.15) is 38.5 Å². The number of hydrogen-bond donors (Lipinski definition) is 6. The minimum Gasteiger partial charge on any atom is -0.481 e. The van der Waals surface area contributed by atoms with Gasteiger partial charge in [-0.1, -0.05) is 0 Å². The van der Waals surface area contributed by atoms with Crippen molar-refractivity contribution in [1.82, 2.24) is 10.2 Å². The average Bonchev–Trinajstić information content (AvgIpc) is 3.10. The molecule has 1 fully saturated rings. The zero-order valence-corrected chi connectivity index (χ0v) is 15.5. The molecule has 9 N–H and O–H groups in total. The number of nitrogens with zero attached hydrogens (tertiary/aromatic N) is 2. The minimum atomic E-state index is -1.34. The van der Waals surface area contributed by atoms with E-state index in [-0.39, 0.29) is 12.4 Å². The average molecular weight is 400 g/mol. The van der Waals surface area contributed by atoms with Crippen LogP contribution in [0.4, 0.5) is 0 Å². The van der Waals surface area contributed by atoms with Gasteiger partial charge in [-0.3, -0.25) is 19.4 Å². The quantitative estimate of drug-likeness (QED) is 0.126. The molecule has 0 bridgehead atoms. The molecule has 0 radical (unpaired) electrons. The Kier molecular flexibility index (Phi) is 9.15. The molecule has 3 unspecified atom stereocenters. The third-order valence-corrected chi connectivity index (χ3v) is 4.38. The number of carbonyl (C=O) groups excluding carboxylic acids is 2. The van der Waals surface area contributed by atoms with Crippen molar-refractivity contribution in [3.05, 3.63) is 0 Å². The second-order valence-electron chi connectivity index (χ2n) is 6.58. The number of aliphatic carboxylic acids is 2. The van der Waals surface area contributed by atoms with Crippen LogP contribution in [0, 0.1) is 0 Å². The number of nitrogens with one attached hydrogen (secondary N) is 1. The maximum atomic E-state index is 12.6. The summed E-state index contributed by atoms with van der Waals surface area (Å²) >= 11 is 0. The summed E-state index contributed by atoms with van der Waals surface area (Å²) < 4.78 is 0. The number of hydrogen-bond acceptors (Lipinski definition) is 6. The van der Waals surface area contributed by atoms with Crippen molar-refractivity contribution in [2.24, 2.45) is 22.2 Å². The lowest BCUT2D eigenvalue weighted by atomic mass is 10.1. The highest BCUT2D eigenvalue weighted by Gasteiger charge is 2.37. The number of carboxylic acid groups (broad SMARTS) is 2. The van der Waals surface area contributed by atoms with Gasteiger partial charge in [0.1, 0.15) is 12.1 Å². The number of amides is 2. The number of carbonyl (C=O) groups is 4. The Labute approximate surface area is 162 Å². The Morgan fingerprint density at radius 1 is 1.18 bits per heavy atom. The SMILES string of the molecule is NC(N)=NCCCC(N)C(=O)N1CCCC1C(=O)NC(CCC(=O)O)C(=O)O. The third-order valence-electron chi connectivity index (χ3n) is 4.38. The normalized spacial score (nSPS) is 18.2. The van der Waals surface area contributed by atoms with Gasteiger partial charge in [-0.25, -0.2) is 4.79 Å². The predicted octanol–water partition coefficient (Wildman–Crippen LogP) is -2.21. The van der Waals surface area contributed by atoms with Gasteiger partial charge in [0.25, 0.3) is 0 Å². The Bertz CT molecular complexity index is 621. The van der Waals surface area contributed by atoms with Gasteiger partial charge in [0.15, 0.2) is 5.96 Å². The van der Waals surface area contributed by atoms with Crippen molar-refractivity contribution >= 4 is 29.7 Å². The summed E-state index contributed by atoms with van der Waals surface area (Å²) in [6.07, 6.45) is 1.14. The molecule has 0 saturated carbocycles. The smallest absolute Gasteiger partial charge is 0.326 e. The summed E-state index contributed by atoms with van der Waals surface area (Å²) in [5.41, 5.74) is 16.4. The van der Waals surface area contributed by atoms with E-state index in [1.165, 1.54) is 4.90 Å². The molecule has 0 aliphatic carbocycles. The monoisotopic (exact) mass is 400 g/mol. The molecule has 1 saturated heterocycles. The van der Waals surface area contributed by atoms with E-state index < -0.39 is 48.3 Å². The molecule has 28 heavy (non-hydrogen) atoms. The zero-order chi connectivity index (χ0) is 21.3. The first-order chi connectivity index (χ1) is 13.1. The first-order valence-corrected chi connectivity index (χ1v) is 9.00.